The highest BCUT2D eigenvalue weighted by molar-refractivity contribution is 5.98. The number of carbonyl (C=O) groups excluding carboxylic acids is 1. The van der Waals surface area contributed by atoms with Crippen molar-refractivity contribution < 1.29 is 9.53 Å². The molecule has 1 aromatic carbocycles. The van der Waals surface area contributed by atoms with Crippen molar-refractivity contribution in [1.29, 1.82) is 0 Å². The summed E-state index contributed by atoms with van der Waals surface area (Å²) in [5.41, 5.74) is 1.95. The molecule has 1 fully saturated rings. The summed E-state index contributed by atoms with van der Waals surface area (Å²) in [6.07, 6.45) is 3.73. The first-order chi connectivity index (χ1) is 13.5. The van der Waals surface area contributed by atoms with Gasteiger partial charge in [-0.3, -0.25) is 14.5 Å². The summed E-state index contributed by atoms with van der Waals surface area (Å²) >= 11 is 0. The largest absolute Gasteiger partial charge is 0.491 e. The van der Waals surface area contributed by atoms with E-state index in [0.717, 1.165) is 23.0 Å². The summed E-state index contributed by atoms with van der Waals surface area (Å²) in [7, 11) is 3.58. The molecule has 0 spiro atoms. The Labute approximate surface area is 165 Å². The zero-order valence-electron chi connectivity index (χ0n) is 16.9. The molecule has 28 heavy (non-hydrogen) atoms. The quantitative estimate of drug-likeness (QED) is 0.626. The lowest BCUT2D eigenvalue weighted by atomic mass is 10.2. The maximum Gasteiger partial charge on any atom is 0.246 e. The zero-order valence-corrected chi connectivity index (χ0v) is 16.9. The molecule has 2 aromatic rings. The summed E-state index contributed by atoms with van der Waals surface area (Å²) in [4.78, 5) is 20.7. The van der Waals surface area contributed by atoms with E-state index in [9.17, 15) is 4.79 Å². The molecule has 0 atom stereocenters. The number of nitrogens with zero attached hydrogens (tertiary/aromatic N) is 5. The first-order valence-corrected chi connectivity index (χ1v) is 9.46. The minimum Gasteiger partial charge on any atom is -0.491 e. The number of anilines is 1. The van der Waals surface area contributed by atoms with Crippen molar-refractivity contribution in [2.24, 2.45) is 12.0 Å². The lowest BCUT2D eigenvalue weighted by Gasteiger charge is -2.35. The predicted molar refractivity (Wildman–Crippen MR) is 110 cm³/mol. The number of rotatable bonds is 5. The van der Waals surface area contributed by atoms with Gasteiger partial charge in [0.05, 0.1) is 18.0 Å². The Morgan fingerprint density at radius 2 is 2.04 bits per heavy atom. The van der Waals surface area contributed by atoms with Crippen molar-refractivity contribution >= 4 is 17.6 Å². The van der Waals surface area contributed by atoms with E-state index in [4.69, 9.17) is 4.74 Å². The van der Waals surface area contributed by atoms with Crippen LogP contribution in [-0.4, -0.2) is 59.3 Å². The van der Waals surface area contributed by atoms with Gasteiger partial charge in [0.1, 0.15) is 12.3 Å². The molecule has 8 heteroatoms. The second-order valence-corrected chi connectivity index (χ2v) is 7.05. The van der Waals surface area contributed by atoms with Crippen molar-refractivity contribution in [2.75, 3.05) is 31.6 Å². The molecule has 0 bridgehead atoms. The summed E-state index contributed by atoms with van der Waals surface area (Å²) in [5, 5.41) is 7.49. The second-order valence-electron chi connectivity index (χ2n) is 7.05. The highest BCUT2D eigenvalue weighted by Gasteiger charge is 2.27. The van der Waals surface area contributed by atoms with Crippen molar-refractivity contribution in [2.45, 2.75) is 26.5 Å². The number of hydrogen-bond donors (Lipinski definition) is 1. The second kappa shape index (κ2) is 8.77. The number of aromatic nitrogens is 2. The number of nitrogens with one attached hydrogen (secondary N) is 1. The van der Waals surface area contributed by atoms with Crippen LogP contribution in [0.5, 0.6) is 5.75 Å². The molecule has 0 radical (unpaired) electrons. The molecule has 1 aliphatic heterocycles. The third-order valence-corrected chi connectivity index (χ3v) is 4.48. The minimum absolute atomic E-state index is 0.0392. The summed E-state index contributed by atoms with van der Waals surface area (Å²) in [6, 6.07) is 8.00. The Bertz CT molecular complexity index is 827. The van der Waals surface area contributed by atoms with E-state index in [1.54, 1.807) is 22.8 Å². The van der Waals surface area contributed by atoms with Gasteiger partial charge in [-0.2, -0.15) is 5.10 Å². The Kier molecular flexibility index (Phi) is 6.18. The van der Waals surface area contributed by atoms with Gasteiger partial charge in [0, 0.05) is 39.9 Å². The SMILES string of the molecule is CN=C(NCc1ccc(OC(C)C)cc1)N1CCN(c2cnn(C)c2)C(=O)C1. The van der Waals surface area contributed by atoms with Crippen LogP contribution >= 0.6 is 0 Å². The molecule has 1 N–H and O–H groups in total. The standard InChI is InChI=1S/C20H28N6O2/c1-15(2)28-18-7-5-16(6-8-18)11-22-20(21-3)25-9-10-26(19(27)14-25)17-12-23-24(4)13-17/h5-8,12-13,15H,9-11,14H2,1-4H3,(H,21,22). The Balaban J connectivity index is 1.55. The average molecular weight is 384 g/mol. The van der Waals surface area contributed by atoms with Crippen molar-refractivity contribution in [1.82, 2.24) is 20.0 Å². The lowest BCUT2D eigenvalue weighted by Crippen LogP contribution is -2.55. The molecule has 2 heterocycles. The van der Waals surface area contributed by atoms with Gasteiger partial charge in [-0.25, -0.2) is 0 Å². The van der Waals surface area contributed by atoms with Crippen LogP contribution < -0.4 is 15.0 Å². The fourth-order valence-electron chi connectivity index (χ4n) is 3.15. The Morgan fingerprint density at radius 1 is 1.29 bits per heavy atom. The van der Waals surface area contributed by atoms with Crippen molar-refractivity contribution in [3.63, 3.8) is 0 Å². The van der Waals surface area contributed by atoms with Crippen LogP contribution in [0.15, 0.2) is 41.7 Å². The zero-order chi connectivity index (χ0) is 20.1. The molecular weight excluding hydrogens is 356 g/mol. The van der Waals surface area contributed by atoms with Gasteiger partial charge in [-0.05, 0) is 31.5 Å². The van der Waals surface area contributed by atoms with Crippen LogP contribution in [-0.2, 0) is 18.4 Å². The third-order valence-electron chi connectivity index (χ3n) is 4.48. The van der Waals surface area contributed by atoms with E-state index in [-0.39, 0.29) is 18.6 Å². The van der Waals surface area contributed by atoms with Crippen LogP contribution in [0.25, 0.3) is 0 Å². The molecule has 1 saturated heterocycles. The van der Waals surface area contributed by atoms with E-state index in [2.05, 4.69) is 15.4 Å². The summed E-state index contributed by atoms with van der Waals surface area (Å²) < 4.78 is 7.37. The molecule has 1 aromatic heterocycles. The van der Waals surface area contributed by atoms with Gasteiger partial charge in [0.25, 0.3) is 0 Å². The Morgan fingerprint density at radius 3 is 2.61 bits per heavy atom. The molecule has 1 aliphatic rings. The fourth-order valence-corrected chi connectivity index (χ4v) is 3.15. The minimum atomic E-state index is 0.0392. The fraction of sp³-hybridized carbons (Fsp3) is 0.450. The average Bonchev–Trinajstić information content (AvgIpc) is 3.09. The van der Waals surface area contributed by atoms with Gasteiger partial charge in [0.2, 0.25) is 5.91 Å². The van der Waals surface area contributed by atoms with E-state index in [1.165, 1.54) is 0 Å². The first kappa shape index (κ1) is 19.7. The summed E-state index contributed by atoms with van der Waals surface area (Å²) in [6.45, 7) is 6.25. The molecule has 150 valence electrons. The maximum absolute atomic E-state index is 12.6. The van der Waals surface area contributed by atoms with Gasteiger partial charge >= 0.3 is 0 Å². The number of ether oxygens (including phenoxy) is 1. The lowest BCUT2D eigenvalue weighted by molar-refractivity contribution is -0.120. The maximum atomic E-state index is 12.6. The molecular formula is C20H28N6O2. The number of aliphatic imine (C=N–C) groups is 1. The van der Waals surface area contributed by atoms with Gasteiger partial charge in [0.15, 0.2) is 5.96 Å². The van der Waals surface area contributed by atoms with E-state index in [0.29, 0.717) is 19.6 Å². The van der Waals surface area contributed by atoms with E-state index in [1.807, 2.05) is 56.3 Å². The summed E-state index contributed by atoms with van der Waals surface area (Å²) in [5.74, 6) is 1.62. The molecule has 0 unspecified atom stereocenters. The van der Waals surface area contributed by atoms with Crippen LogP contribution in [0, 0.1) is 0 Å². The number of guanidine groups is 1. The molecule has 3 rings (SSSR count). The first-order valence-electron chi connectivity index (χ1n) is 9.46. The van der Waals surface area contributed by atoms with E-state index < -0.39 is 0 Å². The van der Waals surface area contributed by atoms with Crippen molar-refractivity contribution in [3.8, 4) is 5.75 Å². The highest BCUT2D eigenvalue weighted by atomic mass is 16.5. The molecule has 1 amide bonds. The topological polar surface area (TPSA) is 75.0 Å². The highest BCUT2D eigenvalue weighted by Crippen LogP contribution is 2.16. The normalized spacial score (nSPS) is 15.3. The van der Waals surface area contributed by atoms with Crippen LogP contribution in [0.3, 0.4) is 0 Å². The number of carbonyl (C=O) groups is 1. The number of amides is 1. The molecule has 0 saturated carbocycles. The third kappa shape index (κ3) is 4.82. The molecule has 8 nitrogen and oxygen atoms in total. The number of piperazine rings is 1. The monoisotopic (exact) mass is 384 g/mol. The van der Waals surface area contributed by atoms with Gasteiger partial charge in [-0.15, -0.1) is 0 Å². The Hall–Kier alpha value is -3.03. The van der Waals surface area contributed by atoms with Crippen LogP contribution in [0.2, 0.25) is 0 Å². The smallest absolute Gasteiger partial charge is 0.246 e. The predicted octanol–water partition coefficient (Wildman–Crippen LogP) is 1.63. The van der Waals surface area contributed by atoms with E-state index >= 15 is 0 Å². The molecule has 0 aliphatic carbocycles. The van der Waals surface area contributed by atoms with Crippen LogP contribution in [0.4, 0.5) is 5.69 Å². The van der Waals surface area contributed by atoms with Gasteiger partial charge < -0.3 is 19.9 Å². The van der Waals surface area contributed by atoms with Crippen molar-refractivity contribution in [3.05, 3.63) is 42.2 Å². The number of benzene rings is 1. The van der Waals surface area contributed by atoms with Crippen LogP contribution in [0.1, 0.15) is 19.4 Å². The number of aryl methyl sites for hydroxylation is 1. The number of hydrogen-bond acceptors (Lipinski definition) is 4. The van der Waals surface area contributed by atoms with Gasteiger partial charge in [-0.1, -0.05) is 12.1 Å².